The van der Waals surface area contributed by atoms with E-state index in [0.717, 1.165) is 11.3 Å². The molecule has 0 saturated heterocycles. The van der Waals surface area contributed by atoms with Gasteiger partial charge in [-0.25, -0.2) is 0 Å². The van der Waals surface area contributed by atoms with Gasteiger partial charge in [-0.1, -0.05) is 23.7 Å². The van der Waals surface area contributed by atoms with Gasteiger partial charge in [0, 0.05) is 4.90 Å². The van der Waals surface area contributed by atoms with Crippen molar-refractivity contribution < 1.29 is 9.53 Å². The molecule has 0 aliphatic heterocycles. The fourth-order valence-electron chi connectivity index (χ4n) is 1.82. The number of hydrogen-bond acceptors (Lipinski definition) is 3. The van der Waals surface area contributed by atoms with Crippen LogP contribution in [0.15, 0.2) is 47.4 Å². The number of nitrogens with one attached hydrogen (secondary N) is 1. The molecule has 3 nitrogen and oxygen atoms in total. The Labute approximate surface area is 134 Å². The van der Waals surface area contributed by atoms with Crippen molar-refractivity contribution in [3.8, 4) is 5.75 Å². The molecule has 0 atom stereocenters. The highest BCUT2D eigenvalue weighted by Gasteiger charge is 2.10. The lowest BCUT2D eigenvalue weighted by Crippen LogP contribution is -2.28. The van der Waals surface area contributed by atoms with E-state index in [1.165, 1.54) is 0 Å². The second-order valence-corrected chi connectivity index (χ2v) is 5.51. The molecule has 5 heteroatoms. The number of halogens is 1. The third-order valence-electron chi connectivity index (χ3n) is 2.84. The number of ether oxygens (including phenoxy) is 1. The molecule has 0 spiro atoms. The van der Waals surface area contributed by atoms with Crippen molar-refractivity contribution in [1.29, 1.82) is 0 Å². The molecule has 0 bridgehead atoms. The highest BCUT2D eigenvalue weighted by Crippen LogP contribution is 2.19. The molecule has 110 valence electrons. The summed E-state index contributed by atoms with van der Waals surface area (Å²) in [6.07, 6.45) is 0. The maximum Gasteiger partial charge on any atom is 0.252 e. The number of rotatable bonds is 5. The minimum atomic E-state index is -0.233. The van der Waals surface area contributed by atoms with Crippen LogP contribution >= 0.6 is 24.2 Å². The Balaban J connectivity index is 1.83. The minimum Gasteiger partial charge on any atom is -0.492 e. The number of amides is 1. The van der Waals surface area contributed by atoms with Crippen LogP contribution in [0.5, 0.6) is 5.75 Å². The molecular formula is C16H16ClNO2S. The highest BCUT2D eigenvalue weighted by molar-refractivity contribution is 7.80. The molecular weight excluding hydrogens is 306 g/mol. The zero-order valence-corrected chi connectivity index (χ0v) is 13.2. The van der Waals surface area contributed by atoms with Crippen LogP contribution in [0, 0.1) is 6.92 Å². The zero-order chi connectivity index (χ0) is 15.2. The van der Waals surface area contributed by atoms with E-state index in [-0.39, 0.29) is 5.91 Å². The number of carbonyl (C=O) groups excluding carboxylic acids is 1. The van der Waals surface area contributed by atoms with Crippen molar-refractivity contribution in [3.05, 3.63) is 58.6 Å². The topological polar surface area (TPSA) is 38.3 Å². The lowest BCUT2D eigenvalue weighted by molar-refractivity contribution is 0.0947. The fraction of sp³-hybridized carbons (Fsp3) is 0.188. The van der Waals surface area contributed by atoms with E-state index < -0.39 is 0 Å². The average molecular weight is 322 g/mol. The molecule has 2 rings (SSSR count). The molecule has 21 heavy (non-hydrogen) atoms. The first-order valence-corrected chi connectivity index (χ1v) is 7.35. The summed E-state index contributed by atoms with van der Waals surface area (Å²) in [6, 6.07) is 12.8. The van der Waals surface area contributed by atoms with Crippen molar-refractivity contribution in [2.75, 3.05) is 13.2 Å². The summed E-state index contributed by atoms with van der Waals surface area (Å²) in [5.74, 6) is 0.559. The number of benzene rings is 2. The second kappa shape index (κ2) is 7.38. The van der Waals surface area contributed by atoms with Crippen LogP contribution in [-0.2, 0) is 0 Å². The van der Waals surface area contributed by atoms with Crippen LogP contribution in [0.25, 0.3) is 0 Å². The molecule has 0 radical (unpaired) electrons. The lowest BCUT2D eigenvalue weighted by Gasteiger charge is -2.09. The van der Waals surface area contributed by atoms with E-state index in [2.05, 4.69) is 17.9 Å². The third kappa shape index (κ3) is 4.69. The van der Waals surface area contributed by atoms with Gasteiger partial charge in [0.1, 0.15) is 12.4 Å². The Morgan fingerprint density at radius 3 is 2.86 bits per heavy atom. The van der Waals surface area contributed by atoms with Crippen LogP contribution < -0.4 is 10.1 Å². The van der Waals surface area contributed by atoms with Crippen LogP contribution in [-0.4, -0.2) is 19.1 Å². The van der Waals surface area contributed by atoms with Gasteiger partial charge in [-0.3, -0.25) is 4.79 Å². The third-order valence-corrected chi connectivity index (χ3v) is 3.45. The largest absolute Gasteiger partial charge is 0.492 e. The van der Waals surface area contributed by atoms with Gasteiger partial charge in [-0.05, 0) is 42.8 Å². The van der Waals surface area contributed by atoms with Gasteiger partial charge in [-0.15, -0.1) is 12.6 Å². The van der Waals surface area contributed by atoms with E-state index in [0.29, 0.717) is 28.6 Å². The monoisotopic (exact) mass is 321 g/mol. The van der Waals surface area contributed by atoms with Gasteiger partial charge in [0.15, 0.2) is 0 Å². The maximum atomic E-state index is 12.0. The Hall–Kier alpha value is -1.65. The first-order chi connectivity index (χ1) is 10.1. The lowest BCUT2D eigenvalue weighted by atomic mass is 10.2. The number of thiol groups is 1. The molecule has 0 heterocycles. The van der Waals surface area contributed by atoms with Crippen molar-refractivity contribution >= 4 is 30.1 Å². The van der Waals surface area contributed by atoms with E-state index in [9.17, 15) is 4.79 Å². The molecule has 0 aliphatic carbocycles. The molecule has 0 fully saturated rings. The Morgan fingerprint density at radius 1 is 1.29 bits per heavy atom. The summed E-state index contributed by atoms with van der Waals surface area (Å²) in [5.41, 5.74) is 1.55. The van der Waals surface area contributed by atoms with E-state index in [4.69, 9.17) is 16.3 Å². The first kappa shape index (κ1) is 15.7. The Bertz CT molecular complexity index is 646. The van der Waals surface area contributed by atoms with Crippen molar-refractivity contribution in [1.82, 2.24) is 5.32 Å². The van der Waals surface area contributed by atoms with Gasteiger partial charge in [0.25, 0.3) is 5.91 Å². The van der Waals surface area contributed by atoms with Crippen LogP contribution in [0.2, 0.25) is 5.02 Å². The standard InChI is InChI=1S/C16H16ClNO2S/c1-11-3-2-4-12(9-11)20-8-7-18-16(19)14-10-13(21)5-6-15(14)17/h2-6,9-10,21H,7-8H2,1H3,(H,18,19). The first-order valence-electron chi connectivity index (χ1n) is 6.52. The van der Waals surface area contributed by atoms with Crippen LogP contribution in [0.1, 0.15) is 15.9 Å². The SMILES string of the molecule is Cc1cccc(OCCNC(=O)c2cc(S)ccc2Cl)c1. The van der Waals surface area contributed by atoms with Crippen LogP contribution in [0.4, 0.5) is 0 Å². The maximum absolute atomic E-state index is 12.0. The quantitative estimate of drug-likeness (QED) is 0.650. The summed E-state index contributed by atoms with van der Waals surface area (Å²) < 4.78 is 5.56. The molecule has 1 N–H and O–H groups in total. The molecule has 0 saturated carbocycles. The molecule has 0 aliphatic rings. The van der Waals surface area contributed by atoms with E-state index >= 15 is 0 Å². The van der Waals surface area contributed by atoms with Crippen molar-refractivity contribution in [3.63, 3.8) is 0 Å². The van der Waals surface area contributed by atoms with Crippen LogP contribution in [0.3, 0.4) is 0 Å². The summed E-state index contributed by atoms with van der Waals surface area (Å²) in [7, 11) is 0. The second-order valence-electron chi connectivity index (χ2n) is 4.59. The fourth-order valence-corrected chi connectivity index (χ4v) is 2.23. The summed E-state index contributed by atoms with van der Waals surface area (Å²) in [4.78, 5) is 12.7. The van der Waals surface area contributed by atoms with Gasteiger partial charge in [-0.2, -0.15) is 0 Å². The van der Waals surface area contributed by atoms with Gasteiger partial charge in [0.05, 0.1) is 17.1 Å². The Morgan fingerprint density at radius 2 is 2.10 bits per heavy atom. The Kier molecular flexibility index (Phi) is 5.53. The van der Waals surface area contributed by atoms with Crippen molar-refractivity contribution in [2.24, 2.45) is 0 Å². The number of aryl methyl sites for hydroxylation is 1. The van der Waals surface area contributed by atoms with E-state index in [1.54, 1.807) is 18.2 Å². The zero-order valence-electron chi connectivity index (χ0n) is 11.6. The number of hydrogen-bond donors (Lipinski definition) is 2. The van der Waals surface area contributed by atoms with Crippen molar-refractivity contribution in [2.45, 2.75) is 11.8 Å². The van der Waals surface area contributed by atoms with Gasteiger partial charge < -0.3 is 10.1 Å². The summed E-state index contributed by atoms with van der Waals surface area (Å²) in [6.45, 7) is 2.80. The highest BCUT2D eigenvalue weighted by atomic mass is 35.5. The molecule has 0 aromatic heterocycles. The summed E-state index contributed by atoms with van der Waals surface area (Å²) >= 11 is 10.2. The predicted octanol–water partition coefficient (Wildman–Crippen LogP) is 3.75. The smallest absolute Gasteiger partial charge is 0.252 e. The normalized spacial score (nSPS) is 10.2. The molecule has 1 amide bonds. The van der Waals surface area contributed by atoms with Gasteiger partial charge >= 0.3 is 0 Å². The average Bonchev–Trinajstić information content (AvgIpc) is 2.46. The predicted molar refractivity (Wildman–Crippen MR) is 87.7 cm³/mol. The van der Waals surface area contributed by atoms with Gasteiger partial charge in [0.2, 0.25) is 0 Å². The summed E-state index contributed by atoms with van der Waals surface area (Å²) in [5, 5.41) is 3.18. The number of carbonyl (C=O) groups is 1. The molecule has 2 aromatic rings. The molecule has 0 unspecified atom stereocenters. The minimum absolute atomic E-state index is 0.233. The van der Waals surface area contributed by atoms with E-state index in [1.807, 2.05) is 31.2 Å². The molecule has 2 aromatic carbocycles.